The highest BCUT2D eigenvalue weighted by Crippen LogP contribution is 2.25. The number of rotatable bonds is 10. The largest absolute Gasteiger partial charge is 0.465 e. The normalized spacial score (nSPS) is 11.7. The summed E-state index contributed by atoms with van der Waals surface area (Å²) in [4.78, 5) is 43.3. The summed E-state index contributed by atoms with van der Waals surface area (Å²) in [6.07, 6.45) is 2.07. The molecule has 4 rings (SSSR count). The first-order chi connectivity index (χ1) is 17.8. The molecule has 0 aliphatic carbocycles. The molecule has 0 spiro atoms. The number of pyridine rings is 1. The number of hydrogen-bond acceptors (Lipinski definition) is 9. The minimum atomic E-state index is -1.14. The van der Waals surface area contributed by atoms with Crippen LogP contribution in [0.4, 0.5) is 26.4 Å². The van der Waals surface area contributed by atoms with Crippen molar-refractivity contribution in [1.82, 2.24) is 24.8 Å². The number of aromatic nitrogens is 4. The van der Waals surface area contributed by atoms with Crippen molar-refractivity contribution in [2.24, 2.45) is 5.92 Å². The number of anilines is 3. The Morgan fingerprint density at radius 1 is 1.19 bits per heavy atom. The van der Waals surface area contributed by atoms with Crippen molar-refractivity contribution in [2.45, 2.75) is 19.9 Å². The van der Waals surface area contributed by atoms with Crippen LogP contribution in [0, 0.1) is 11.7 Å². The molecule has 0 saturated carbocycles. The second-order valence-electron chi connectivity index (χ2n) is 8.23. The number of carboxylic acid groups (broad SMARTS) is 1. The van der Waals surface area contributed by atoms with Crippen LogP contribution in [0.2, 0.25) is 0 Å². The lowest BCUT2D eigenvalue weighted by atomic mass is 10.1. The molecule has 37 heavy (non-hydrogen) atoms. The van der Waals surface area contributed by atoms with Crippen LogP contribution in [0.3, 0.4) is 0 Å². The molecule has 0 saturated heterocycles. The van der Waals surface area contributed by atoms with Crippen molar-refractivity contribution in [3.05, 3.63) is 65.4 Å². The summed E-state index contributed by atoms with van der Waals surface area (Å²) in [7, 11) is 0. The van der Waals surface area contributed by atoms with Crippen LogP contribution in [0.1, 0.15) is 17.6 Å². The molecule has 0 bridgehead atoms. The van der Waals surface area contributed by atoms with Crippen LogP contribution in [0.25, 0.3) is 10.3 Å². The first kappa shape index (κ1) is 25.7. The van der Waals surface area contributed by atoms with E-state index in [2.05, 4.69) is 30.6 Å². The van der Waals surface area contributed by atoms with Crippen molar-refractivity contribution in [3.8, 4) is 0 Å². The van der Waals surface area contributed by atoms with Crippen LogP contribution >= 0.6 is 11.3 Å². The summed E-state index contributed by atoms with van der Waals surface area (Å²) in [5, 5.41) is 16.1. The lowest BCUT2D eigenvalue weighted by molar-refractivity contribution is -0.119. The third-order valence-electron chi connectivity index (χ3n) is 5.52. The molecular weight excluding hydrogens is 499 g/mol. The fourth-order valence-corrected chi connectivity index (χ4v) is 4.42. The number of carbonyl (C=O) groups is 2. The molecule has 0 radical (unpaired) electrons. The van der Waals surface area contributed by atoms with Crippen LogP contribution in [0.5, 0.6) is 0 Å². The number of amides is 2. The summed E-state index contributed by atoms with van der Waals surface area (Å²) in [6.45, 7) is 1.91. The first-order valence-electron chi connectivity index (χ1n) is 11.4. The summed E-state index contributed by atoms with van der Waals surface area (Å²) >= 11 is 1.31. The molecule has 5 N–H and O–H groups in total. The SMILES string of the molecule is CC(CN(CCc1nc2c(NCc3ncccc3F)ncnc2s1)C(=O)O)C(=O)Nc1ccccc1N. The predicted octanol–water partition coefficient (Wildman–Crippen LogP) is 3.61. The van der Waals surface area contributed by atoms with E-state index in [-0.39, 0.29) is 31.2 Å². The van der Waals surface area contributed by atoms with E-state index in [0.29, 0.717) is 39.0 Å². The van der Waals surface area contributed by atoms with E-state index in [1.165, 1.54) is 40.9 Å². The molecule has 1 aromatic carbocycles. The second-order valence-corrected chi connectivity index (χ2v) is 9.29. The Morgan fingerprint density at radius 2 is 2.00 bits per heavy atom. The number of nitrogens with two attached hydrogens (primary N) is 1. The van der Waals surface area contributed by atoms with Gasteiger partial charge in [0, 0.05) is 25.7 Å². The van der Waals surface area contributed by atoms with Crippen molar-refractivity contribution >= 4 is 50.9 Å². The van der Waals surface area contributed by atoms with Crippen molar-refractivity contribution in [2.75, 3.05) is 29.5 Å². The Kier molecular flexibility index (Phi) is 8.03. The van der Waals surface area contributed by atoms with Gasteiger partial charge in [-0.2, -0.15) is 0 Å². The highest BCUT2D eigenvalue weighted by atomic mass is 32.1. The van der Waals surface area contributed by atoms with Gasteiger partial charge in [-0.25, -0.2) is 24.1 Å². The maximum absolute atomic E-state index is 13.9. The van der Waals surface area contributed by atoms with Crippen LogP contribution in [0.15, 0.2) is 48.9 Å². The Morgan fingerprint density at radius 3 is 2.76 bits per heavy atom. The predicted molar refractivity (Wildman–Crippen MR) is 139 cm³/mol. The van der Waals surface area contributed by atoms with Crippen molar-refractivity contribution in [3.63, 3.8) is 0 Å². The molecule has 11 nitrogen and oxygen atoms in total. The van der Waals surface area contributed by atoms with Gasteiger partial charge in [0.1, 0.15) is 22.5 Å². The summed E-state index contributed by atoms with van der Waals surface area (Å²) in [5.41, 5.74) is 7.53. The number of halogens is 1. The van der Waals surface area contributed by atoms with E-state index in [0.717, 1.165) is 0 Å². The van der Waals surface area contributed by atoms with Gasteiger partial charge in [-0.1, -0.05) is 30.4 Å². The maximum atomic E-state index is 13.9. The number of thiazole rings is 1. The molecule has 3 aromatic heterocycles. The van der Waals surface area contributed by atoms with Gasteiger partial charge in [-0.15, -0.1) is 0 Å². The lowest BCUT2D eigenvalue weighted by Gasteiger charge is -2.22. The Labute approximate surface area is 215 Å². The third-order valence-corrected chi connectivity index (χ3v) is 6.55. The van der Waals surface area contributed by atoms with Crippen LogP contribution in [-0.4, -0.2) is 55.0 Å². The van der Waals surface area contributed by atoms with E-state index in [1.54, 1.807) is 31.2 Å². The Balaban J connectivity index is 1.38. The molecule has 1 atom stereocenters. The third kappa shape index (κ3) is 6.44. The Hall–Kier alpha value is -4.39. The maximum Gasteiger partial charge on any atom is 0.407 e. The zero-order valence-electron chi connectivity index (χ0n) is 19.9. The summed E-state index contributed by atoms with van der Waals surface area (Å²) in [6, 6.07) is 9.70. The van der Waals surface area contributed by atoms with Crippen molar-refractivity contribution in [1.29, 1.82) is 0 Å². The number of fused-ring (bicyclic) bond motifs is 1. The van der Waals surface area contributed by atoms with Crippen LogP contribution in [-0.2, 0) is 17.8 Å². The topological polar surface area (TPSA) is 159 Å². The smallest absolute Gasteiger partial charge is 0.407 e. The molecule has 3 heterocycles. The monoisotopic (exact) mass is 524 g/mol. The molecule has 13 heteroatoms. The summed E-state index contributed by atoms with van der Waals surface area (Å²) < 4.78 is 13.9. The van der Waals surface area contributed by atoms with Gasteiger partial charge >= 0.3 is 6.09 Å². The molecule has 4 aromatic rings. The molecule has 1 unspecified atom stereocenters. The van der Waals surface area contributed by atoms with Gasteiger partial charge < -0.3 is 26.4 Å². The van der Waals surface area contributed by atoms with Gasteiger partial charge in [-0.3, -0.25) is 9.78 Å². The fourth-order valence-electron chi connectivity index (χ4n) is 3.53. The number of benzene rings is 1. The zero-order chi connectivity index (χ0) is 26.4. The lowest BCUT2D eigenvalue weighted by Crippen LogP contribution is -2.38. The molecule has 0 fully saturated rings. The average molecular weight is 525 g/mol. The van der Waals surface area contributed by atoms with E-state index < -0.39 is 17.8 Å². The standard InChI is InChI=1S/C24H25FN8O3S/c1-14(22(34)31-17-7-3-2-6-16(17)26)12-33(24(35)36)10-8-19-32-20-21(29-13-30-23(20)37-19)28-11-18-15(25)5-4-9-27-18/h2-7,9,13-14H,8,10-12,26H2,1H3,(H,31,34)(H,35,36)(H,28,29,30). The minimum absolute atomic E-state index is 0.00104. The zero-order valence-corrected chi connectivity index (χ0v) is 20.7. The molecule has 192 valence electrons. The average Bonchev–Trinajstić information content (AvgIpc) is 3.31. The quantitative estimate of drug-likeness (QED) is 0.227. The minimum Gasteiger partial charge on any atom is -0.465 e. The number of carbonyl (C=O) groups excluding carboxylic acids is 1. The molecule has 2 amide bonds. The fraction of sp³-hybridized carbons (Fsp3) is 0.250. The first-order valence-corrected chi connectivity index (χ1v) is 12.2. The second kappa shape index (κ2) is 11.6. The number of nitrogens with one attached hydrogen (secondary N) is 2. The van der Waals surface area contributed by atoms with Gasteiger partial charge in [-0.05, 0) is 24.3 Å². The molecular formula is C24H25FN8O3S. The van der Waals surface area contributed by atoms with Gasteiger partial charge in [0.05, 0.1) is 34.5 Å². The number of nitrogens with zero attached hydrogens (tertiary/aromatic N) is 5. The van der Waals surface area contributed by atoms with Gasteiger partial charge in [0.15, 0.2) is 5.82 Å². The van der Waals surface area contributed by atoms with E-state index >= 15 is 0 Å². The number of hydrogen-bond donors (Lipinski definition) is 4. The van der Waals surface area contributed by atoms with E-state index in [4.69, 9.17) is 5.73 Å². The molecule has 0 aliphatic rings. The highest BCUT2D eigenvalue weighted by molar-refractivity contribution is 7.18. The van der Waals surface area contributed by atoms with Crippen LogP contribution < -0.4 is 16.4 Å². The van der Waals surface area contributed by atoms with Gasteiger partial charge in [0.25, 0.3) is 0 Å². The van der Waals surface area contributed by atoms with E-state index in [9.17, 15) is 19.1 Å². The Bertz CT molecular complexity index is 1420. The highest BCUT2D eigenvalue weighted by Gasteiger charge is 2.22. The summed E-state index contributed by atoms with van der Waals surface area (Å²) in [5.74, 6) is -0.944. The van der Waals surface area contributed by atoms with Crippen molar-refractivity contribution < 1.29 is 19.1 Å². The number of para-hydroxylation sites is 2. The molecule has 0 aliphatic heterocycles. The van der Waals surface area contributed by atoms with E-state index in [1.807, 2.05) is 0 Å². The number of nitrogen functional groups attached to an aromatic ring is 1. The van der Waals surface area contributed by atoms with Gasteiger partial charge in [0.2, 0.25) is 5.91 Å².